The maximum atomic E-state index is 14.2. The van der Waals surface area contributed by atoms with Gasteiger partial charge in [-0.1, -0.05) is 80.6 Å². The number of nitrogens with two attached hydrogens (primary N) is 2. The van der Waals surface area contributed by atoms with E-state index in [0.717, 1.165) is 16.4 Å². The topological polar surface area (TPSA) is 189 Å². The van der Waals surface area contributed by atoms with Crippen molar-refractivity contribution in [3.8, 4) is 0 Å². The number of nitrogens with zero attached hydrogens (tertiary/aromatic N) is 1. The molecule has 2 aromatic carbocycles. The van der Waals surface area contributed by atoms with E-state index in [2.05, 4.69) is 0 Å². The number of methoxy groups -OCH3 is 2. The van der Waals surface area contributed by atoms with E-state index < -0.39 is 66.2 Å². The monoisotopic (exact) mass is 713 g/mol. The number of allylic oxidation sites excluding steroid dienone is 4. The highest BCUT2D eigenvalue weighted by molar-refractivity contribution is 6.24. The summed E-state index contributed by atoms with van der Waals surface area (Å²) in [6.45, 7) is 6.27. The van der Waals surface area contributed by atoms with E-state index in [1.165, 1.54) is 33.3 Å². The van der Waals surface area contributed by atoms with E-state index >= 15 is 0 Å². The minimum Gasteiger partial charge on any atom is -0.439 e. The van der Waals surface area contributed by atoms with Gasteiger partial charge in [0.1, 0.15) is 6.10 Å². The van der Waals surface area contributed by atoms with E-state index in [-0.39, 0.29) is 41.3 Å². The van der Waals surface area contributed by atoms with Gasteiger partial charge in [-0.05, 0) is 49.0 Å². The number of aliphatic hydroxyl groups is 1. The molecule has 0 fully saturated rings. The van der Waals surface area contributed by atoms with Crippen LogP contribution in [0, 0.1) is 11.8 Å². The average molecular weight is 714 g/mol. The number of rotatable bonds is 6. The molecule has 0 spiro atoms. The first-order valence-corrected chi connectivity index (χ1v) is 17.0. The van der Waals surface area contributed by atoms with E-state index in [4.69, 9.17) is 25.7 Å². The van der Waals surface area contributed by atoms with Crippen molar-refractivity contribution in [3.05, 3.63) is 107 Å². The lowest BCUT2D eigenvalue weighted by Gasteiger charge is -2.30. The first-order chi connectivity index (χ1) is 24.7. The number of fused-ring (bicyclic) bond motifs is 3. The Morgan fingerprint density at radius 3 is 2.37 bits per heavy atom. The lowest BCUT2D eigenvalue weighted by atomic mass is 9.85. The molecule has 0 saturated carbocycles. The lowest BCUT2D eigenvalue weighted by molar-refractivity contribution is -0.128. The van der Waals surface area contributed by atoms with Crippen LogP contribution in [0.5, 0.6) is 0 Å². The summed E-state index contributed by atoms with van der Waals surface area (Å²) < 4.78 is 16.7. The van der Waals surface area contributed by atoms with Gasteiger partial charge >= 0.3 is 6.09 Å². The van der Waals surface area contributed by atoms with E-state index in [1.807, 2.05) is 25.1 Å². The number of hydrogen-bond donors (Lipinski definition) is 3. The van der Waals surface area contributed by atoms with Gasteiger partial charge in [-0.3, -0.25) is 24.1 Å². The van der Waals surface area contributed by atoms with Crippen LogP contribution in [0.1, 0.15) is 50.9 Å². The molecule has 1 aliphatic heterocycles. The first-order valence-electron chi connectivity index (χ1n) is 17.0. The fraction of sp³-hybridized carbons (Fsp3) is 0.375. The molecule has 6 atom stereocenters. The molecule has 276 valence electrons. The number of primary amides is 1. The molecule has 1 aliphatic carbocycles. The number of aliphatic hydroxyl groups excluding tert-OH is 1. The highest BCUT2D eigenvalue weighted by Gasteiger charge is 2.36. The number of benzene rings is 2. The number of carbonyl (C=O) groups excluding carboxylic acids is 5. The minimum atomic E-state index is -1.04. The average Bonchev–Trinajstić information content (AvgIpc) is 3.12. The van der Waals surface area contributed by atoms with E-state index in [0.29, 0.717) is 16.5 Å². The standard InChI is InChI=1S/C40H47N3O9/c1-22-17-29-35(41)31(44)20-30(37(29)47)43(21-32(45)28-15-10-13-26-12-7-8-14-27(26)28)39(48)23(2)11-9-16-33(50-5)38(52-40(42)49)25(4)19-24(3)36(46)34(18-22)51-6/h7-16,19-20,22,24,33-34,36,38,46H,17-18,21,41H2,1-6H3,(H2,42,49)/b16-9-,23-11+,25-19+/t22-,24-,33-,34+,36+,38-/m0/s1. The van der Waals surface area contributed by atoms with Crippen molar-refractivity contribution in [2.24, 2.45) is 23.3 Å². The zero-order chi connectivity index (χ0) is 38.3. The summed E-state index contributed by atoms with van der Waals surface area (Å²) in [5.41, 5.74) is 12.1. The Hall–Kier alpha value is -5.17. The van der Waals surface area contributed by atoms with Crippen LogP contribution in [0.2, 0.25) is 0 Å². The second-order valence-corrected chi connectivity index (χ2v) is 13.3. The molecule has 2 aromatic rings. The van der Waals surface area contributed by atoms with Gasteiger partial charge in [0.25, 0.3) is 5.91 Å². The molecule has 2 aliphatic rings. The summed E-state index contributed by atoms with van der Waals surface area (Å²) in [4.78, 5) is 68.7. The predicted octanol–water partition coefficient (Wildman–Crippen LogP) is 4.47. The highest BCUT2D eigenvalue weighted by Crippen LogP contribution is 2.30. The minimum absolute atomic E-state index is 0.00682. The molecule has 2 bridgehead atoms. The van der Waals surface area contributed by atoms with Crippen LogP contribution >= 0.6 is 0 Å². The number of hydrogen-bond acceptors (Lipinski definition) is 10. The van der Waals surface area contributed by atoms with Crippen LogP contribution < -0.4 is 11.5 Å². The number of Topliss-reactive ketones (excluding diaryl/α,β-unsaturated/α-hetero) is 2. The van der Waals surface area contributed by atoms with Gasteiger partial charge in [0.05, 0.1) is 30.1 Å². The molecule has 5 N–H and O–H groups in total. The summed E-state index contributed by atoms with van der Waals surface area (Å²) in [6.07, 6.45) is 2.92. The van der Waals surface area contributed by atoms with Crippen LogP contribution in [-0.2, 0) is 28.6 Å². The summed E-state index contributed by atoms with van der Waals surface area (Å²) in [5, 5.41) is 12.8. The Kier molecular flexibility index (Phi) is 13.2. The van der Waals surface area contributed by atoms with Crippen molar-refractivity contribution in [2.75, 3.05) is 20.8 Å². The van der Waals surface area contributed by atoms with Crippen LogP contribution in [0.4, 0.5) is 4.79 Å². The molecule has 4 rings (SSSR count). The van der Waals surface area contributed by atoms with Crippen molar-refractivity contribution < 1.29 is 43.3 Å². The lowest BCUT2D eigenvalue weighted by Crippen LogP contribution is -2.41. The van der Waals surface area contributed by atoms with Crippen LogP contribution in [0.15, 0.2) is 101 Å². The maximum Gasteiger partial charge on any atom is 0.405 e. The van der Waals surface area contributed by atoms with Gasteiger partial charge in [-0.2, -0.15) is 0 Å². The van der Waals surface area contributed by atoms with Crippen molar-refractivity contribution in [3.63, 3.8) is 0 Å². The molecule has 12 heteroatoms. The largest absolute Gasteiger partial charge is 0.439 e. The van der Waals surface area contributed by atoms with Gasteiger partial charge in [0.2, 0.25) is 11.6 Å². The van der Waals surface area contributed by atoms with Crippen LogP contribution in [0.25, 0.3) is 10.8 Å². The zero-order valence-electron chi connectivity index (χ0n) is 30.3. The van der Waals surface area contributed by atoms with Gasteiger partial charge in [-0.15, -0.1) is 0 Å². The summed E-state index contributed by atoms with van der Waals surface area (Å²) >= 11 is 0. The van der Waals surface area contributed by atoms with Crippen molar-refractivity contribution in [2.45, 2.75) is 65.0 Å². The number of ether oxygens (including phenoxy) is 3. The Balaban J connectivity index is 1.85. The summed E-state index contributed by atoms with van der Waals surface area (Å²) in [7, 11) is 2.87. The Bertz CT molecular complexity index is 1880. The fourth-order valence-corrected chi connectivity index (χ4v) is 6.65. The molecule has 0 aromatic heterocycles. The molecular weight excluding hydrogens is 666 g/mol. The number of amides is 2. The fourth-order valence-electron chi connectivity index (χ4n) is 6.65. The highest BCUT2D eigenvalue weighted by atomic mass is 16.6. The molecule has 2 amide bonds. The van der Waals surface area contributed by atoms with E-state index in [1.54, 1.807) is 50.3 Å². The van der Waals surface area contributed by atoms with Crippen molar-refractivity contribution in [1.82, 2.24) is 4.90 Å². The molecular formula is C40H47N3O9. The molecule has 0 saturated heterocycles. The third-order valence-electron chi connectivity index (χ3n) is 9.48. The molecule has 1 heterocycles. The van der Waals surface area contributed by atoms with Gasteiger partial charge in [0, 0.05) is 42.9 Å². The third-order valence-corrected chi connectivity index (χ3v) is 9.48. The maximum absolute atomic E-state index is 14.2. The summed E-state index contributed by atoms with van der Waals surface area (Å²) in [5.74, 6) is -3.31. The quantitative estimate of drug-likeness (QED) is 0.219. The normalized spacial score (nSPS) is 28.1. The van der Waals surface area contributed by atoms with Crippen LogP contribution in [0.3, 0.4) is 0 Å². The second-order valence-electron chi connectivity index (χ2n) is 13.3. The molecule has 12 nitrogen and oxygen atoms in total. The molecule has 52 heavy (non-hydrogen) atoms. The molecule has 0 radical (unpaired) electrons. The SMILES string of the molecule is CO[C@H]1/C=C\C=C(/C)C(=O)N(CC(=O)c2cccc3ccccc23)C2=CC(=O)C(N)=C(C[C@H](C)C[C@@H](OC)[C@H](O)[C@@H](C)/C=C(\C)[C@@H]1OC(N)=O)C2=O. The van der Waals surface area contributed by atoms with Gasteiger partial charge in [0.15, 0.2) is 11.9 Å². The van der Waals surface area contributed by atoms with Gasteiger partial charge < -0.3 is 30.8 Å². The Labute approximate surface area is 303 Å². The zero-order valence-corrected chi connectivity index (χ0v) is 30.3. The third kappa shape index (κ3) is 9.00. The van der Waals surface area contributed by atoms with Crippen molar-refractivity contribution in [1.29, 1.82) is 0 Å². The molecule has 0 unspecified atom stereocenters. The Morgan fingerprint density at radius 2 is 1.69 bits per heavy atom. The predicted molar refractivity (Wildman–Crippen MR) is 196 cm³/mol. The Morgan fingerprint density at radius 1 is 1.00 bits per heavy atom. The number of carbonyl (C=O) groups is 5. The number of ketones is 3. The van der Waals surface area contributed by atoms with E-state index in [9.17, 15) is 29.1 Å². The van der Waals surface area contributed by atoms with Crippen molar-refractivity contribution >= 4 is 40.1 Å². The summed E-state index contributed by atoms with van der Waals surface area (Å²) in [6, 6.07) is 12.5. The first kappa shape index (κ1) is 39.6. The smallest absolute Gasteiger partial charge is 0.405 e. The second kappa shape index (κ2) is 17.4. The van der Waals surface area contributed by atoms with Crippen LogP contribution in [-0.4, -0.2) is 84.5 Å². The van der Waals surface area contributed by atoms with Gasteiger partial charge in [-0.25, -0.2) is 4.79 Å².